The maximum absolute atomic E-state index is 12.5. The van der Waals surface area contributed by atoms with Gasteiger partial charge in [-0.3, -0.25) is 9.88 Å². The Morgan fingerprint density at radius 2 is 2.00 bits per heavy atom. The van der Waals surface area contributed by atoms with Crippen LogP contribution in [0.1, 0.15) is 42.3 Å². The van der Waals surface area contributed by atoms with Crippen LogP contribution in [-0.2, 0) is 11.3 Å². The molecule has 0 radical (unpaired) electrons. The highest BCUT2D eigenvalue weighted by Crippen LogP contribution is 2.30. The third kappa shape index (κ3) is 3.89. The minimum absolute atomic E-state index is 0.0203. The van der Waals surface area contributed by atoms with Crippen LogP contribution >= 0.6 is 0 Å². The fourth-order valence-corrected chi connectivity index (χ4v) is 3.01. The predicted molar refractivity (Wildman–Crippen MR) is 88.9 cm³/mol. The number of pyridine rings is 1. The van der Waals surface area contributed by atoms with Gasteiger partial charge in [0.05, 0.1) is 11.7 Å². The number of aryl methyl sites for hydroxylation is 1. The molecule has 1 amide bonds. The fraction of sp³-hybridized carbons (Fsp3) is 0.368. The van der Waals surface area contributed by atoms with E-state index in [4.69, 9.17) is 4.74 Å². The molecular formula is C19H22N2O2. The summed E-state index contributed by atoms with van der Waals surface area (Å²) in [5, 5.41) is 0. The number of hydrogen-bond donors (Lipinski definition) is 0. The molecule has 3 rings (SSSR count). The number of carbonyl (C=O) groups excluding carboxylic acids is 1. The largest absolute Gasteiger partial charge is 0.445 e. The first-order valence-corrected chi connectivity index (χ1v) is 8.15. The molecule has 0 N–H and O–H groups in total. The normalized spacial score (nSPS) is 17.8. The summed E-state index contributed by atoms with van der Waals surface area (Å²) in [6, 6.07) is 15.8. The van der Waals surface area contributed by atoms with E-state index in [1.165, 1.54) is 0 Å². The first kappa shape index (κ1) is 15.5. The molecule has 1 aliphatic rings. The maximum atomic E-state index is 12.5. The molecule has 4 nitrogen and oxygen atoms in total. The summed E-state index contributed by atoms with van der Waals surface area (Å²) in [6.07, 6.45) is 2.82. The van der Waals surface area contributed by atoms with Crippen LogP contribution in [0.25, 0.3) is 0 Å². The van der Waals surface area contributed by atoms with E-state index in [1.807, 2.05) is 60.4 Å². The lowest BCUT2D eigenvalue weighted by atomic mass is 9.99. The molecular weight excluding hydrogens is 288 g/mol. The van der Waals surface area contributed by atoms with Gasteiger partial charge in [-0.1, -0.05) is 36.4 Å². The van der Waals surface area contributed by atoms with Crippen molar-refractivity contribution in [3.63, 3.8) is 0 Å². The number of ether oxygens (including phenoxy) is 1. The summed E-state index contributed by atoms with van der Waals surface area (Å²) in [5.41, 5.74) is 2.94. The molecule has 0 spiro atoms. The molecule has 120 valence electrons. The van der Waals surface area contributed by atoms with Crippen LogP contribution in [0.5, 0.6) is 0 Å². The molecule has 1 atom stereocenters. The number of aromatic nitrogens is 1. The molecule has 1 aromatic heterocycles. The highest BCUT2D eigenvalue weighted by molar-refractivity contribution is 5.68. The van der Waals surface area contributed by atoms with Gasteiger partial charge in [0.15, 0.2) is 0 Å². The van der Waals surface area contributed by atoms with Gasteiger partial charge in [0, 0.05) is 12.2 Å². The number of rotatable bonds is 3. The third-order valence-electron chi connectivity index (χ3n) is 4.19. The molecule has 2 heterocycles. The number of benzene rings is 1. The topological polar surface area (TPSA) is 42.4 Å². The fourth-order valence-electron chi connectivity index (χ4n) is 3.01. The summed E-state index contributed by atoms with van der Waals surface area (Å²) in [5.74, 6) is 0. The van der Waals surface area contributed by atoms with Gasteiger partial charge in [-0.05, 0) is 43.9 Å². The van der Waals surface area contributed by atoms with Crippen molar-refractivity contribution in [3.8, 4) is 0 Å². The summed E-state index contributed by atoms with van der Waals surface area (Å²) in [7, 11) is 0. The first-order chi connectivity index (χ1) is 11.2. The molecule has 0 saturated carbocycles. The van der Waals surface area contributed by atoms with Crippen molar-refractivity contribution >= 4 is 6.09 Å². The molecule has 1 fully saturated rings. The predicted octanol–water partition coefficient (Wildman–Crippen LogP) is 4.25. The lowest BCUT2D eigenvalue weighted by molar-refractivity contribution is 0.0669. The van der Waals surface area contributed by atoms with Gasteiger partial charge >= 0.3 is 6.09 Å². The van der Waals surface area contributed by atoms with E-state index in [0.717, 1.165) is 42.8 Å². The van der Waals surface area contributed by atoms with Gasteiger partial charge in [0.1, 0.15) is 6.61 Å². The van der Waals surface area contributed by atoms with E-state index in [1.54, 1.807) is 0 Å². The average molecular weight is 310 g/mol. The average Bonchev–Trinajstić information content (AvgIpc) is 2.60. The second-order valence-electron chi connectivity index (χ2n) is 5.95. The molecule has 0 bridgehead atoms. The summed E-state index contributed by atoms with van der Waals surface area (Å²) in [6.45, 7) is 3.02. The first-order valence-electron chi connectivity index (χ1n) is 8.15. The van der Waals surface area contributed by atoms with Crippen LogP contribution in [0.3, 0.4) is 0 Å². The highest BCUT2D eigenvalue weighted by Gasteiger charge is 2.30. The van der Waals surface area contributed by atoms with E-state index in [9.17, 15) is 4.79 Å². The Hall–Kier alpha value is -2.36. The smallest absolute Gasteiger partial charge is 0.410 e. The Bertz CT molecular complexity index is 657. The van der Waals surface area contributed by atoms with Crippen molar-refractivity contribution in [1.29, 1.82) is 0 Å². The van der Waals surface area contributed by atoms with E-state index in [2.05, 4.69) is 4.98 Å². The van der Waals surface area contributed by atoms with E-state index in [-0.39, 0.29) is 12.1 Å². The standard InChI is InChI=1S/C19H22N2O2/c1-15-8-7-11-17(20-15)18-12-5-6-13-21(18)19(22)23-14-16-9-3-2-4-10-16/h2-4,7-11,18H,5-6,12-14H2,1H3/t18-/m1/s1. The second kappa shape index (κ2) is 7.27. The number of piperidine rings is 1. The summed E-state index contributed by atoms with van der Waals surface area (Å²) in [4.78, 5) is 18.9. The molecule has 4 heteroatoms. The van der Waals surface area contributed by atoms with Crippen molar-refractivity contribution in [2.45, 2.75) is 38.8 Å². The van der Waals surface area contributed by atoms with Gasteiger partial charge in [-0.2, -0.15) is 0 Å². The highest BCUT2D eigenvalue weighted by atomic mass is 16.6. The van der Waals surface area contributed by atoms with E-state index in [0.29, 0.717) is 6.61 Å². The minimum atomic E-state index is -0.248. The van der Waals surface area contributed by atoms with E-state index < -0.39 is 0 Å². The molecule has 0 unspecified atom stereocenters. The Morgan fingerprint density at radius 1 is 1.17 bits per heavy atom. The number of amides is 1. The van der Waals surface area contributed by atoms with Crippen LogP contribution in [0.15, 0.2) is 48.5 Å². The molecule has 2 aromatic rings. The quantitative estimate of drug-likeness (QED) is 0.851. The van der Waals surface area contributed by atoms with Crippen molar-refractivity contribution in [2.75, 3.05) is 6.54 Å². The second-order valence-corrected chi connectivity index (χ2v) is 5.95. The summed E-state index contributed by atoms with van der Waals surface area (Å²) >= 11 is 0. The molecule has 23 heavy (non-hydrogen) atoms. The van der Waals surface area contributed by atoms with Gasteiger partial charge in [0.25, 0.3) is 0 Å². The lowest BCUT2D eigenvalue weighted by Crippen LogP contribution is -2.39. The number of carbonyl (C=O) groups is 1. The monoisotopic (exact) mass is 310 g/mol. The Kier molecular flexibility index (Phi) is 4.91. The van der Waals surface area contributed by atoms with Crippen molar-refractivity contribution in [1.82, 2.24) is 9.88 Å². The van der Waals surface area contributed by atoms with Gasteiger partial charge in [-0.25, -0.2) is 4.79 Å². The Morgan fingerprint density at radius 3 is 2.78 bits per heavy atom. The molecule has 1 aliphatic heterocycles. The van der Waals surface area contributed by atoms with Crippen LogP contribution in [0, 0.1) is 6.92 Å². The molecule has 1 saturated heterocycles. The number of hydrogen-bond acceptors (Lipinski definition) is 3. The minimum Gasteiger partial charge on any atom is -0.445 e. The number of likely N-dealkylation sites (tertiary alicyclic amines) is 1. The molecule has 0 aliphatic carbocycles. The van der Waals surface area contributed by atoms with Crippen molar-refractivity contribution in [3.05, 3.63) is 65.5 Å². The van der Waals surface area contributed by atoms with Crippen LogP contribution < -0.4 is 0 Å². The van der Waals surface area contributed by atoms with Crippen molar-refractivity contribution < 1.29 is 9.53 Å². The van der Waals surface area contributed by atoms with Gasteiger partial charge < -0.3 is 4.74 Å². The van der Waals surface area contributed by atoms with Gasteiger partial charge in [0.2, 0.25) is 0 Å². The lowest BCUT2D eigenvalue weighted by Gasteiger charge is -2.34. The van der Waals surface area contributed by atoms with Crippen LogP contribution in [0.2, 0.25) is 0 Å². The van der Waals surface area contributed by atoms with Crippen LogP contribution in [0.4, 0.5) is 4.79 Å². The van der Waals surface area contributed by atoms with Crippen LogP contribution in [-0.4, -0.2) is 22.5 Å². The Balaban J connectivity index is 1.69. The zero-order valence-electron chi connectivity index (χ0n) is 13.4. The zero-order valence-corrected chi connectivity index (χ0v) is 13.4. The molecule has 1 aromatic carbocycles. The summed E-state index contributed by atoms with van der Waals surface area (Å²) < 4.78 is 5.51. The maximum Gasteiger partial charge on any atom is 0.410 e. The zero-order chi connectivity index (χ0) is 16.1. The van der Waals surface area contributed by atoms with E-state index >= 15 is 0 Å². The van der Waals surface area contributed by atoms with Gasteiger partial charge in [-0.15, -0.1) is 0 Å². The Labute approximate surface area is 137 Å². The third-order valence-corrected chi connectivity index (χ3v) is 4.19. The number of nitrogens with zero attached hydrogens (tertiary/aromatic N) is 2. The van der Waals surface area contributed by atoms with Crippen molar-refractivity contribution in [2.24, 2.45) is 0 Å². The SMILES string of the molecule is Cc1cccc([C@H]2CCCCN2C(=O)OCc2ccccc2)n1.